The number of carbonyl (C=O) groups is 1. The van der Waals surface area contributed by atoms with Crippen molar-refractivity contribution >= 4 is 29.2 Å². The predicted octanol–water partition coefficient (Wildman–Crippen LogP) is 2.32. The SMILES string of the molecule is CCNC(=NCc1ccc(C(N)=O)o1)N1CCN(c2ccccc2Cl)CC1. The average Bonchev–Trinajstić information content (AvgIpc) is 3.15. The summed E-state index contributed by atoms with van der Waals surface area (Å²) in [5, 5.41) is 4.09. The smallest absolute Gasteiger partial charge is 0.284 e. The number of furan rings is 1. The molecule has 0 spiro atoms. The number of nitrogens with zero attached hydrogens (tertiary/aromatic N) is 3. The van der Waals surface area contributed by atoms with Gasteiger partial charge in [0.05, 0.1) is 10.7 Å². The maximum Gasteiger partial charge on any atom is 0.284 e. The molecule has 0 aliphatic carbocycles. The van der Waals surface area contributed by atoms with Crippen molar-refractivity contribution in [3.05, 3.63) is 52.9 Å². The molecular formula is C19H24ClN5O2. The second-order valence-electron chi connectivity index (χ2n) is 6.23. The van der Waals surface area contributed by atoms with Crippen LogP contribution >= 0.6 is 11.6 Å². The number of anilines is 1. The molecule has 2 aromatic rings. The number of guanidine groups is 1. The number of aliphatic imine (C=N–C) groups is 1. The Labute approximate surface area is 163 Å². The topological polar surface area (TPSA) is 87.1 Å². The number of hydrogen-bond acceptors (Lipinski definition) is 4. The number of benzene rings is 1. The first-order valence-corrected chi connectivity index (χ1v) is 9.37. The Kier molecular flexibility index (Phi) is 6.24. The molecule has 0 bridgehead atoms. The molecule has 0 atom stereocenters. The molecule has 144 valence electrons. The summed E-state index contributed by atoms with van der Waals surface area (Å²) in [6.07, 6.45) is 0. The summed E-state index contributed by atoms with van der Waals surface area (Å²) in [4.78, 5) is 20.3. The van der Waals surface area contributed by atoms with Gasteiger partial charge >= 0.3 is 0 Å². The zero-order valence-electron chi connectivity index (χ0n) is 15.3. The Morgan fingerprint density at radius 2 is 1.96 bits per heavy atom. The summed E-state index contributed by atoms with van der Waals surface area (Å²) >= 11 is 6.31. The van der Waals surface area contributed by atoms with E-state index in [1.165, 1.54) is 0 Å². The number of hydrogen-bond donors (Lipinski definition) is 2. The Morgan fingerprint density at radius 3 is 2.59 bits per heavy atom. The Balaban J connectivity index is 1.63. The zero-order chi connectivity index (χ0) is 19.2. The average molecular weight is 390 g/mol. The van der Waals surface area contributed by atoms with E-state index in [2.05, 4.69) is 20.1 Å². The summed E-state index contributed by atoms with van der Waals surface area (Å²) in [5.74, 6) is 1.01. The Bertz CT molecular complexity index is 812. The van der Waals surface area contributed by atoms with E-state index < -0.39 is 5.91 Å². The molecule has 0 unspecified atom stereocenters. The third-order valence-corrected chi connectivity index (χ3v) is 4.72. The number of carbonyl (C=O) groups excluding carboxylic acids is 1. The second-order valence-corrected chi connectivity index (χ2v) is 6.63. The van der Waals surface area contributed by atoms with E-state index in [-0.39, 0.29) is 5.76 Å². The van der Waals surface area contributed by atoms with E-state index in [1.807, 2.05) is 31.2 Å². The van der Waals surface area contributed by atoms with Crippen LogP contribution in [0.15, 0.2) is 45.8 Å². The molecule has 1 aromatic heterocycles. The third-order valence-electron chi connectivity index (χ3n) is 4.40. The van der Waals surface area contributed by atoms with Crippen molar-refractivity contribution in [1.29, 1.82) is 0 Å². The van der Waals surface area contributed by atoms with E-state index in [4.69, 9.17) is 21.8 Å². The summed E-state index contributed by atoms with van der Waals surface area (Å²) in [6.45, 7) is 6.55. The van der Waals surface area contributed by atoms with Crippen LogP contribution in [0.2, 0.25) is 5.02 Å². The second kappa shape index (κ2) is 8.81. The largest absolute Gasteiger partial charge is 0.454 e. The molecule has 0 radical (unpaired) electrons. The van der Waals surface area contributed by atoms with Crippen LogP contribution in [-0.4, -0.2) is 49.5 Å². The molecule has 1 aromatic carbocycles. The van der Waals surface area contributed by atoms with Crippen molar-refractivity contribution in [2.45, 2.75) is 13.5 Å². The van der Waals surface area contributed by atoms with Gasteiger partial charge in [-0.1, -0.05) is 23.7 Å². The van der Waals surface area contributed by atoms with Crippen molar-refractivity contribution < 1.29 is 9.21 Å². The van der Waals surface area contributed by atoms with Gasteiger partial charge in [-0.25, -0.2) is 4.99 Å². The molecule has 1 aliphatic rings. The lowest BCUT2D eigenvalue weighted by Crippen LogP contribution is -2.52. The van der Waals surface area contributed by atoms with E-state index in [0.29, 0.717) is 12.3 Å². The summed E-state index contributed by atoms with van der Waals surface area (Å²) in [5.41, 5.74) is 6.28. The molecule has 1 saturated heterocycles. The maximum atomic E-state index is 11.1. The number of nitrogens with two attached hydrogens (primary N) is 1. The van der Waals surface area contributed by atoms with Crippen LogP contribution < -0.4 is 16.0 Å². The van der Waals surface area contributed by atoms with Crippen LogP contribution in [0.3, 0.4) is 0 Å². The highest BCUT2D eigenvalue weighted by Crippen LogP contribution is 2.26. The first kappa shape index (κ1) is 19.1. The number of halogens is 1. The summed E-state index contributed by atoms with van der Waals surface area (Å²) < 4.78 is 5.40. The van der Waals surface area contributed by atoms with Gasteiger partial charge in [-0.3, -0.25) is 4.79 Å². The van der Waals surface area contributed by atoms with Gasteiger partial charge in [-0.15, -0.1) is 0 Å². The fourth-order valence-corrected chi connectivity index (χ4v) is 3.30. The lowest BCUT2D eigenvalue weighted by Gasteiger charge is -2.38. The molecule has 1 aliphatic heterocycles. The molecule has 8 heteroatoms. The lowest BCUT2D eigenvalue weighted by molar-refractivity contribution is 0.0972. The van der Waals surface area contributed by atoms with Gasteiger partial charge in [-0.05, 0) is 31.2 Å². The van der Waals surface area contributed by atoms with Crippen molar-refractivity contribution in [3.8, 4) is 0 Å². The zero-order valence-corrected chi connectivity index (χ0v) is 16.1. The van der Waals surface area contributed by atoms with Gasteiger partial charge in [0.1, 0.15) is 12.3 Å². The molecule has 3 N–H and O–H groups in total. The van der Waals surface area contributed by atoms with Crippen molar-refractivity contribution in [2.75, 3.05) is 37.6 Å². The first-order chi connectivity index (χ1) is 13.1. The molecule has 27 heavy (non-hydrogen) atoms. The Hall–Kier alpha value is -2.67. The monoisotopic (exact) mass is 389 g/mol. The maximum absolute atomic E-state index is 11.1. The number of amides is 1. The Morgan fingerprint density at radius 1 is 1.22 bits per heavy atom. The first-order valence-electron chi connectivity index (χ1n) is 8.99. The molecular weight excluding hydrogens is 366 g/mol. The number of nitrogens with one attached hydrogen (secondary N) is 1. The standard InChI is InChI=1S/C19H24ClN5O2/c1-2-22-19(23-13-14-7-8-17(27-14)18(21)26)25-11-9-24(10-12-25)16-6-4-3-5-15(16)20/h3-8H,2,9-13H2,1H3,(H2,21,26)(H,22,23). The van der Waals surface area contributed by atoms with Gasteiger partial charge in [0, 0.05) is 32.7 Å². The highest BCUT2D eigenvalue weighted by Gasteiger charge is 2.21. The fourth-order valence-electron chi connectivity index (χ4n) is 3.04. The van der Waals surface area contributed by atoms with Crippen molar-refractivity contribution in [2.24, 2.45) is 10.7 Å². The third kappa shape index (κ3) is 4.74. The van der Waals surface area contributed by atoms with Crippen molar-refractivity contribution in [3.63, 3.8) is 0 Å². The summed E-state index contributed by atoms with van der Waals surface area (Å²) in [7, 11) is 0. The highest BCUT2D eigenvalue weighted by atomic mass is 35.5. The minimum Gasteiger partial charge on any atom is -0.454 e. The van der Waals surface area contributed by atoms with E-state index in [0.717, 1.165) is 49.4 Å². The molecule has 3 rings (SSSR count). The predicted molar refractivity (Wildman–Crippen MR) is 107 cm³/mol. The van der Waals surface area contributed by atoms with Gasteiger partial charge in [0.2, 0.25) is 0 Å². The number of primary amides is 1. The highest BCUT2D eigenvalue weighted by molar-refractivity contribution is 6.33. The molecule has 7 nitrogen and oxygen atoms in total. The number of piperazine rings is 1. The van der Waals surface area contributed by atoms with Crippen LogP contribution in [0.4, 0.5) is 5.69 Å². The normalized spacial score (nSPS) is 15.1. The van der Waals surface area contributed by atoms with E-state index in [1.54, 1.807) is 12.1 Å². The van der Waals surface area contributed by atoms with Crippen LogP contribution in [0.1, 0.15) is 23.2 Å². The van der Waals surface area contributed by atoms with Crippen molar-refractivity contribution in [1.82, 2.24) is 10.2 Å². The van der Waals surface area contributed by atoms with Crippen LogP contribution in [0, 0.1) is 0 Å². The van der Waals surface area contributed by atoms with Crippen LogP contribution in [-0.2, 0) is 6.54 Å². The molecule has 1 fully saturated rings. The van der Waals surface area contributed by atoms with Crippen LogP contribution in [0.25, 0.3) is 0 Å². The minimum absolute atomic E-state index is 0.151. The molecule has 2 heterocycles. The molecule has 0 saturated carbocycles. The van der Waals surface area contributed by atoms with Gasteiger partial charge in [0.15, 0.2) is 11.7 Å². The number of para-hydroxylation sites is 1. The van der Waals surface area contributed by atoms with Gasteiger partial charge in [0.25, 0.3) is 5.91 Å². The molecule has 1 amide bonds. The van der Waals surface area contributed by atoms with E-state index >= 15 is 0 Å². The van der Waals surface area contributed by atoms with E-state index in [9.17, 15) is 4.79 Å². The van der Waals surface area contributed by atoms with Crippen LogP contribution in [0.5, 0.6) is 0 Å². The summed E-state index contributed by atoms with van der Waals surface area (Å²) in [6, 6.07) is 11.2. The minimum atomic E-state index is -0.576. The number of rotatable bonds is 5. The van der Waals surface area contributed by atoms with Gasteiger partial charge in [-0.2, -0.15) is 0 Å². The quantitative estimate of drug-likeness (QED) is 0.605. The van der Waals surface area contributed by atoms with Gasteiger partial charge < -0.3 is 25.3 Å². The lowest BCUT2D eigenvalue weighted by atomic mass is 10.2. The fraction of sp³-hybridized carbons (Fsp3) is 0.368.